The van der Waals surface area contributed by atoms with Gasteiger partial charge in [0.25, 0.3) is 0 Å². The molecule has 2 atom stereocenters. The number of benzene rings is 1. The maximum absolute atomic E-state index is 14.1. The number of allylic oxidation sites excluding steroid dienone is 3. The Balaban J connectivity index is 1.92. The van der Waals surface area contributed by atoms with Gasteiger partial charge in [-0.25, -0.2) is 16.8 Å². The van der Waals surface area contributed by atoms with E-state index >= 15 is 0 Å². The van der Waals surface area contributed by atoms with E-state index < -0.39 is 26.5 Å². The van der Waals surface area contributed by atoms with Crippen LogP contribution in [0.5, 0.6) is 0 Å². The summed E-state index contributed by atoms with van der Waals surface area (Å²) in [7, 11) is -3.99. The number of aromatic nitrogens is 1. The van der Waals surface area contributed by atoms with Gasteiger partial charge in [0.15, 0.2) is 0 Å². The number of rotatable bonds is 3. The minimum Gasteiger partial charge on any atom is -0.313 e. The highest BCUT2D eigenvalue weighted by molar-refractivity contribution is 7.91. The molecule has 0 fully saturated rings. The Morgan fingerprint density at radius 2 is 2.18 bits per heavy atom. The summed E-state index contributed by atoms with van der Waals surface area (Å²) in [5.74, 6) is -1.05. The van der Waals surface area contributed by atoms with Crippen LogP contribution in [0, 0.1) is 17.2 Å². The first-order valence-corrected chi connectivity index (χ1v) is 10.5. The minimum atomic E-state index is -3.99. The van der Waals surface area contributed by atoms with E-state index in [4.69, 9.17) is 0 Å². The number of para-hydroxylation sites is 1. The van der Waals surface area contributed by atoms with E-state index in [1.807, 2.05) is 6.08 Å². The van der Waals surface area contributed by atoms with E-state index in [0.29, 0.717) is 23.9 Å². The highest BCUT2D eigenvalue weighted by Crippen LogP contribution is 2.42. The quantitative estimate of drug-likeness (QED) is 0.806. The summed E-state index contributed by atoms with van der Waals surface area (Å²) in [6.07, 6.45) is 8.12. The lowest BCUT2D eigenvalue weighted by atomic mass is 9.80. The average molecular weight is 397 g/mol. The molecule has 1 N–H and O–H groups in total. The van der Waals surface area contributed by atoms with Gasteiger partial charge in [-0.1, -0.05) is 29.9 Å². The van der Waals surface area contributed by atoms with E-state index in [2.05, 4.69) is 11.4 Å². The zero-order valence-electron chi connectivity index (χ0n) is 15.4. The molecule has 0 bridgehead atoms. The van der Waals surface area contributed by atoms with Crippen molar-refractivity contribution in [2.45, 2.75) is 18.1 Å². The van der Waals surface area contributed by atoms with Crippen LogP contribution in [0.4, 0.5) is 4.39 Å². The zero-order chi connectivity index (χ0) is 19.9. The third-order valence-electron chi connectivity index (χ3n) is 5.63. The molecule has 1 aliphatic carbocycles. The molecule has 0 saturated heterocycles. The molecular formula is C21H20FN3O2S. The fourth-order valence-corrected chi connectivity index (χ4v) is 5.91. The Labute approximate surface area is 163 Å². The second kappa shape index (κ2) is 6.73. The van der Waals surface area contributed by atoms with Crippen molar-refractivity contribution in [3.05, 3.63) is 71.7 Å². The van der Waals surface area contributed by atoms with Gasteiger partial charge in [0.1, 0.15) is 16.6 Å². The number of nitriles is 1. The van der Waals surface area contributed by atoms with Crippen LogP contribution >= 0.6 is 0 Å². The highest BCUT2D eigenvalue weighted by Gasteiger charge is 2.47. The van der Waals surface area contributed by atoms with Gasteiger partial charge in [0.2, 0.25) is 10.0 Å². The first kappa shape index (κ1) is 18.7. The Bertz CT molecular complexity index is 1180. The maximum atomic E-state index is 14.1. The predicted molar refractivity (Wildman–Crippen MR) is 107 cm³/mol. The molecule has 1 aliphatic heterocycles. The number of fused-ring (bicyclic) bond motifs is 1. The van der Waals surface area contributed by atoms with Gasteiger partial charge in [0, 0.05) is 24.0 Å². The molecule has 0 saturated carbocycles. The molecular weight excluding hydrogens is 377 g/mol. The van der Waals surface area contributed by atoms with Crippen molar-refractivity contribution < 1.29 is 12.8 Å². The molecule has 0 spiro atoms. The van der Waals surface area contributed by atoms with Crippen molar-refractivity contribution in [1.29, 1.82) is 5.26 Å². The van der Waals surface area contributed by atoms with Gasteiger partial charge in [-0.05, 0) is 44.2 Å². The highest BCUT2D eigenvalue weighted by atomic mass is 32.2. The fraction of sp³-hybridized carbons (Fsp3) is 0.286. The SMILES string of the molecule is CC1(S(=O)(=O)n2ccc3cccc(C#N)c32)C=CC(F)=CC1C1=CCNCC1. The van der Waals surface area contributed by atoms with E-state index in [-0.39, 0.29) is 5.56 Å². The second-order valence-electron chi connectivity index (χ2n) is 7.25. The summed E-state index contributed by atoms with van der Waals surface area (Å²) in [6.45, 7) is 2.98. The first-order chi connectivity index (χ1) is 13.4. The van der Waals surface area contributed by atoms with Crippen molar-refractivity contribution in [3.63, 3.8) is 0 Å². The molecule has 2 unspecified atom stereocenters. The topological polar surface area (TPSA) is 74.9 Å². The molecule has 7 heteroatoms. The molecule has 2 aromatic rings. The molecule has 28 heavy (non-hydrogen) atoms. The van der Waals surface area contributed by atoms with Gasteiger partial charge in [-0.15, -0.1) is 0 Å². The third-order valence-corrected chi connectivity index (χ3v) is 7.95. The van der Waals surface area contributed by atoms with Crippen molar-refractivity contribution >= 4 is 20.9 Å². The number of nitrogens with one attached hydrogen (secondary N) is 1. The van der Waals surface area contributed by atoms with Crippen LogP contribution in [0.3, 0.4) is 0 Å². The largest absolute Gasteiger partial charge is 0.313 e. The number of hydrogen-bond acceptors (Lipinski definition) is 4. The minimum absolute atomic E-state index is 0.286. The Kier molecular flexibility index (Phi) is 4.48. The van der Waals surface area contributed by atoms with Crippen molar-refractivity contribution in [2.24, 2.45) is 5.92 Å². The third kappa shape index (κ3) is 2.72. The second-order valence-corrected chi connectivity index (χ2v) is 9.47. The number of halogens is 1. The monoisotopic (exact) mass is 397 g/mol. The van der Waals surface area contributed by atoms with Crippen molar-refractivity contribution in [2.75, 3.05) is 13.1 Å². The van der Waals surface area contributed by atoms with Crippen molar-refractivity contribution in [3.8, 4) is 6.07 Å². The first-order valence-electron chi connectivity index (χ1n) is 9.10. The Morgan fingerprint density at radius 1 is 1.36 bits per heavy atom. The molecule has 2 heterocycles. The maximum Gasteiger partial charge on any atom is 0.249 e. The van der Waals surface area contributed by atoms with Crippen LogP contribution in [-0.2, 0) is 10.0 Å². The molecule has 4 rings (SSSR count). The van der Waals surface area contributed by atoms with Crippen LogP contribution in [0.25, 0.3) is 10.9 Å². The van der Waals surface area contributed by atoms with Crippen LogP contribution < -0.4 is 5.32 Å². The Morgan fingerprint density at radius 3 is 2.89 bits per heavy atom. The summed E-state index contributed by atoms with van der Waals surface area (Å²) in [5.41, 5.74) is 1.54. The fourth-order valence-electron chi connectivity index (χ4n) is 4.04. The van der Waals surface area contributed by atoms with Crippen LogP contribution in [-0.4, -0.2) is 30.2 Å². The molecule has 2 aliphatic rings. The summed E-state index contributed by atoms with van der Waals surface area (Å²) < 4.78 is 41.6. The predicted octanol–water partition coefficient (Wildman–Crippen LogP) is 3.41. The van der Waals surface area contributed by atoms with E-state index in [0.717, 1.165) is 12.1 Å². The number of hydrogen-bond donors (Lipinski definition) is 1. The molecule has 0 radical (unpaired) electrons. The summed E-state index contributed by atoms with van der Waals surface area (Å²) in [6, 6.07) is 8.84. The van der Waals surface area contributed by atoms with Gasteiger partial charge >= 0.3 is 0 Å². The van der Waals surface area contributed by atoms with Crippen LogP contribution in [0.2, 0.25) is 0 Å². The normalized spacial score (nSPS) is 25.2. The smallest absolute Gasteiger partial charge is 0.249 e. The van der Waals surface area contributed by atoms with Gasteiger partial charge in [-0.2, -0.15) is 5.26 Å². The molecule has 1 aromatic carbocycles. The summed E-state index contributed by atoms with van der Waals surface area (Å²) >= 11 is 0. The molecule has 144 valence electrons. The lowest BCUT2D eigenvalue weighted by Crippen LogP contribution is -2.46. The lowest BCUT2D eigenvalue weighted by Gasteiger charge is -2.37. The van der Waals surface area contributed by atoms with Crippen molar-refractivity contribution in [1.82, 2.24) is 9.29 Å². The standard InChI is InChI=1S/C21H20FN3O2S/c1-21(9-5-18(22)13-19(21)15-6-10-24-11-7-15)28(26,27)25-12-8-16-3-2-4-17(14-23)20(16)25/h2-6,8-9,12-13,19,24H,7,10-11H2,1H3. The van der Waals surface area contributed by atoms with Gasteiger partial charge < -0.3 is 5.32 Å². The van der Waals surface area contributed by atoms with Gasteiger partial charge in [-0.3, -0.25) is 0 Å². The molecule has 1 aromatic heterocycles. The molecule has 5 nitrogen and oxygen atoms in total. The molecule has 0 amide bonds. The lowest BCUT2D eigenvalue weighted by molar-refractivity contribution is 0.490. The van der Waals surface area contributed by atoms with E-state index in [1.54, 1.807) is 31.2 Å². The van der Waals surface area contributed by atoms with Crippen LogP contribution in [0.15, 0.2) is 66.2 Å². The van der Waals surface area contributed by atoms with E-state index in [9.17, 15) is 18.1 Å². The summed E-state index contributed by atoms with van der Waals surface area (Å²) in [4.78, 5) is 0. The van der Waals surface area contributed by atoms with E-state index in [1.165, 1.54) is 28.4 Å². The average Bonchev–Trinajstić information content (AvgIpc) is 3.15. The van der Waals surface area contributed by atoms with Crippen LogP contribution in [0.1, 0.15) is 18.9 Å². The summed E-state index contributed by atoms with van der Waals surface area (Å²) in [5, 5.41) is 13.3. The van der Waals surface area contributed by atoms with Gasteiger partial charge in [0.05, 0.1) is 11.1 Å². The number of nitrogens with zero attached hydrogens (tertiary/aromatic N) is 2. The zero-order valence-corrected chi connectivity index (χ0v) is 16.2. The Hall–Kier alpha value is -2.69.